The number of hydrogen-bond acceptors (Lipinski definition) is 7. The molecule has 0 aliphatic rings. The van der Waals surface area contributed by atoms with Crippen molar-refractivity contribution in [2.75, 3.05) is 5.73 Å². The van der Waals surface area contributed by atoms with Crippen molar-refractivity contribution in [3.05, 3.63) is 198 Å². The van der Waals surface area contributed by atoms with Gasteiger partial charge in [-0.25, -0.2) is 19.6 Å². The third kappa shape index (κ3) is 6.53. The minimum atomic E-state index is -0.865. The predicted octanol–water partition coefficient (Wildman–Crippen LogP) is 9.63. The van der Waals surface area contributed by atoms with E-state index in [9.17, 15) is 0 Å². The van der Waals surface area contributed by atoms with Gasteiger partial charge in [-0.1, -0.05) is 183 Å². The zero-order chi connectivity index (χ0) is 38.6. The van der Waals surface area contributed by atoms with Gasteiger partial charge in [0.05, 0.1) is 6.54 Å². The van der Waals surface area contributed by atoms with Crippen molar-refractivity contribution in [3.63, 3.8) is 0 Å². The number of rotatable bonds is 12. The summed E-state index contributed by atoms with van der Waals surface area (Å²) in [4.78, 5) is 14.6. The van der Waals surface area contributed by atoms with Crippen LogP contribution in [0.3, 0.4) is 0 Å². The van der Waals surface area contributed by atoms with Crippen LogP contribution >= 0.6 is 0 Å². The van der Waals surface area contributed by atoms with E-state index in [0.717, 1.165) is 75.2 Å². The van der Waals surface area contributed by atoms with E-state index in [1.165, 1.54) is 0 Å². The molecule has 0 fully saturated rings. The summed E-state index contributed by atoms with van der Waals surface area (Å²) in [6.45, 7) is 2.78. The lowest BCUT2D eigenvalue weighted by Crippen LogP contribution is -2.39. The van der Waals surface area contributed by atoms with Crippen LogP contribution in [-0.4, -0.2) is 39.7 Å². The summed E-state index contributed by atoms with van der Waals surface area (Å²) in [7, 11) is 0. The van der Waals surface area contributed by atoms with Crippen molar-refractivity contribution in [3.8, 4) is 33.9 Å². The minimum Gasteiger partial charge on any atom is -0.382 e. The number of aromatic nitrogens is 8. The molecule has 9 nitrogen and oxygen atoms in total. The Morgan fingerprint density at radius 1 is 0.579 bits per heavy atom. The molecule has 3 aromatic heterocycles. The molecule has 6 aromatic carbocycles. The van der Waals surface area contributed by atoms with Crippen LogP contribution in [-0.2, 0) is 18.5 Å². The van der Waals surface area contributed by atoms with Crippen molar-refractivity contribution < 1.29 is 0 Å². The molecule has 57 heavy (non-hydrogen) atoms. The number of fused-ring (bicyclic) bond motifs is 1. The van der Waals surface area contributed by atoms with Gasteiger partial charge in [-0.05, 0) is 50.2 Å². The summed E-state index contributed by atoms with van der Waals surface area (Å²) in [6.07, 6.45) is 2.89. The van der Waals surface area contributed by atoms with Crippen molar-refractivity contribution in [1.82, 2.24) is 39.7 Å². The van der Waals surface area contributed by atoms with Gasteiger partial charge in [-0.15, -0.1) is 5.10 Å². The van der Waals surface area contributed by atoms with Gasteiger partial charge in [-0.2, -0.15) is 0 Å². The van der Waals surface area contributed by atoms with E-state index in [1.54, 1.807) is 0 Å². The van der Waals surface area contributed by atoms with Crippen molar-refractivity contribution in [1.29, 1.82) is 0 Å². The molecule has 0 spiro atoms. The second-order valence-electron chi connectivity index (χ2n) is 14.2. The van der Waals surface area contributed by atoms with Gasteiger partial charge >= 0.3 is 0 Å². The highest BCUT2D eigenvalue weighted by Gasteiger charge is 2.42. The smallest absolute Gasteiger partial charge is 0.184 e. The van der Waals surface area contributed by atoms with Crippen LogP contribution in [0, 0.1) is 0 Å². The van der Waals surface area contributed by atoms with Crippen LogP contribution in [0.1, 0.15) is 47.8 Å². The van der Waals surface area contributed by atoms with Gasteiger partial charge in [0.15, 0.2) is 28.6 Å². The van der Waals surface area contributed by atoms with Crippen LogP contribution in [0.4, 0.5) is 5.82 Å². The Morgan fingerprint density at radius 3 is 1.74 bits per heavy atom. The number of benzene rings is 6. The average Bonchev–Trinajstić information content (AvgIpc) is 3.90. The Balaban J connectivity index is 1.13. The summed E-state index contributed by atoms with van der Waals surface area (Å²) in [5, 5.41) is 13.9. The summed E-state index contributed by atoms with van der Waals surface area (Å²) in [6, 6.07) is 58.4. The second kappa shape index (κ2) is 15.5. The molecule has 0 aliphatic carbocycles. The topological polar surface area (TPSA) is 113 Å². The van der Waals surface area contributed by atoms with E-state index in [0.29, 0.717) is 29.5 Å². The molecule has 278 valence electrons. The molecule has 9 rings (SSSR count). The fraction of sp³-hybridized carbons (Fsp3) is 0.125. The molecule has 3 heterocycles. The Labute approximate surface area is 331 Å². The predicted molar refractivity (Wildman–Crippen MR) is 226 cm³/mol. The standard InChI is InChI=1S/C48H41N9/c1-2-3-28-42-50-43-44(49)51-45(36-18-8-4-9-19-36)52-47(43)56(42)33-34-29-31-35(32-30-34)40-26-16-17-27-41(40)46-53-54-55-57(46)48(37-20-10-5-11-21-37,38-22-12-6-13-23-38)39-24-14-7-15-25-39/h4-27,29-32H,2-3,28,33H2,1H3,(H2,49,51,52). The first kappa shape index (κ1) is 35.4. The fourth-order valence-electron chi connectivity index (χ4n) is 7.86. The number of nitrogen functional groups attached to an aromatic ring is 1. The molecule has 0 bridgehead atoms. The molecule has 9 aromatic rings. The fourth-order valence-corrected chi connectivity index (χ4v) is 7.86. The number of imidazole rings is 1. The summed E-state index contributed by atoms with van der Waals surface area (Å²) in [5.74, 6) is 2.59. The van der Waals surface area contributed by atoms with Crippen molar-refractivity contribution >= 4 is 17.0 Å². The maximum atomic E-state index is 6.53. The molecular weight excluding hydrogens is 703 g/mol. The minimum absolute atomic E-state index is 0.389. The number of anilines is 1. The van der Waals surface area contributed by atoms with Crippen LogP contribution in [0.15, 0.2) is 170 Å². The van der Waals surface area contributed by atoms with Crippen molar-refractivity contribution in [2.24, 2.45) is 0 Å². The molecule has 0 radical (unpaired) electrons. The lowest BCUT2D eigenvalue weighted by molar-refractivity contribution is 0.451. The first-order chi connectivity index (χ1) is 28.1. The number of unbranched alkanes of at least 4 members (excludes halogenated alkanes) is 1. The summed E-state index contributed by atoms with van der Waals surface area (Å²) < 4.78 is 4.18. The van der Waals surface area contributed by atoms with E-state index in [-0.39, 0.29) is 0 Å². The Kier molecular flexibility index (Phi) is 9.62. The number of aryl methyl sites for hydroxylation is 1. The maximum Gasteiger partial charge on any atom is 0.184 e. The molecule has 0 amide bonds. The first-order valence-corrected chi connectivity index (χ1v) is 19.4. The second-order valence-corrected chi connectivity index (χ2v) is 14.2. The number of nitrogens with two attached hydrogens (primary N) is 1. The molecule has 2 N–H and O–H groups in total. The van der Waals surface area contributed by atoms with E-state index in [1.807, 2.05) is 59.3 Å². The van der Waals surface area contributed by atoms with Gasteiger partial charge in [-0.3, -0.25) is 0 Å². The zero-order valence-electron chi connectivity index (χ0n) is 31.6. The molecule has 0 saturated carbocycles. The van der Waals surface area contributed by atoms with Gasteiger partial charge in [0.1, 0.15) is 11.4 Å². The molecule has 9 heteroatoms. The van der Waals surface area contributed by atoms with E-state index in [4.69, 9.17) is 26.0 Å². The Morgan fingerprint density at radius 2 is 1.14 bits per heavy atom. The quantitative estimate of drug-likeness (QED) is 0.124. The lowest BCUT2D eigenvalue weighted by atomic mass is 9.77. The first-order valence-electron chi connectivity index (χ1n) is 19.4. The van der Waals surface area contributed by atoms with Crippen LogP contribution in [0.5, 0.6) is 0 Å². The SMILES string of the molecule is CCCCc1nc2c(N)nc(-c3ccccc3)nc2n1Cc1ccc(-c2ccccc2-c2nnnn2C(c2ccccc2)(c2ccccc2)c2ccccc2)cc1. The Hall–Kier alpha value is -7.26. The number of tetrazole rings is 1. The van der Waals surface area contributed by atoms with Crippen LogP contribution in [0.25, 0.3) is 45.1 Å². The highest BCUT2D eigenvalue weighted by Crippen LogP contribution is 2.43. The van der Waals surface area contributed by atoms with Gasteiger partial charge in [0, 0.05) is 17.5 Å². The zero-order valence-corrected chi connectivity index (χ0v) is 31.6. The average molecular weight is 744 g/mol. The van der Waals surface area contributed by atoms with Crippen LogP contribution < -0.4 is 5.73 Å². The number of nitrogens with zero attached hydrogens (tertiary/aromatic N) is 8. The third-order valence-corrected chi connectivity index (χ3v) is 10.6. The van der Waals surface area contributed by atoms with E-state index in [2.05, 4.69) is 137 Å². The normalized spacial score (nSPS) is 11.6. The molecule has 0 unspecified atom stereocenters. The van der Waals surface area contributed by atoms with E-state index >= 15 is 0 Å². The molecule has 0 saturated heterocycles. The van der Waals surface area contributed by atoms with Gasteiger partial charge in [0.2, 0.25) is 0 Å². The van der Waals surface area contributed by atoms with Gasteiger partial charge in [0.25, 0.3) is 0 Å². The lowest BCUT2D eigenvalue weighted by Gasteiger charge is -2.36. The maximum absolute atomic E-state index is 6.53. The molecule has 0 atom stereocenters. The summed E-state index contributed by atoms with van der Waals surface area (Å²) >= 11 is 0. The third-order valence-electron chi connectivity index (χ3n) is 10.6. The monoisotopic (exact) mass is 743 g/mol. The highest BCUT2D eigenvalue weighted by atomic mass is 15.6. The highest BCUT2D eigenvalue weighted by molar-refractivity contribution is 5.85. The summed E-state index contributed by atoms with van der Waals surface area (Å²) in [5.41, 5.74) is 15.2. The molecule has 0 aliphatic heterocycles. The van der Waals surface area contributed by atoms with E-state index < -0.39 is 5.54 Å². The number of hydrogen-bond donors (Lipinski definition) is 1. The van der Waals surface area contributed by atoms with Crippen molar-refractivity contribution in [2.45, 2.75) is 38.3 Å². The Bertz CT molecular complexity index is 2650. The molecular formula is C48H41N9. The largest absolute Gasteiger partial charge is 0.382 e. The van der Waals surface area contributed by atoms with Crippen LogP contribution in [0.2, 0.25) is 0 Å². The van der Waals surface area contributed by atoms with Gasteiger partial charge < -0.3 is 10.3 Å².